The fourth-order valence-electron chi connectivity index (χ4n) is 1.84. The van der Waals surface area contributed by atoms with Crippen LogP contribution in [0.5, 0.6) is 5.75 Å². The first-order chi connectivity index (χ1) is 9.81. The van der Waals surface area contributed by atoms with E-state index in [0.717, 1.165) is 11.3 Å². The lowest BCUT2D eigenvalue weighted by atomic mass is 10.1. The highest BCUT2D eigenvalue weighted by atomic mass is 16.5. The molecule has 2 aromatic carbocycles. The summed E-state index contributed by atoms with van der Waals surface area (Å²) in [6.07, 6.45) is 0.478. The fourth-order valence-corrected chi connectivity index (χ4v) is 1.84. The van der Waals surface area contributed by atoms with Crippen LogP contribution in [-0.4, -0.2) is 11.7 Å². The van der Waals surface area contributed by atoms with Crippen LogP contribution in [-0.2, 0) is 6.61 Å². The number of para-hydroxylation sites is 1. The lowest BCUT2D eigenvalue weighted by Gasteiger charge is -2.10. The van der Waals surface area contributed by atoms with Gasteiger partial charge in [0.15, 0.2) is 0 Å². The molecule has 102 valence electrons. The molecule has 0 saturated heterocycles. The van der Waals surface area contributed by atoms with Crippen molar-refractivity contribution in [3.8, 4) is 17.6 Å². The Labute approximate surface area is 120 Å². The number of benzene rings is 2. The molecule has 2 heteroatoms. The summed E-state index contributed by atoms with van der Waals surface area (Å²) in [6.45, 7) is 2.69. The van der Waals surface area contributed by atoms with E-state index in [4.69, 9.17) is 9.84 Å². The minimum Gasteiger partial charge on any atom is -0.488 e. The molecule has 0 fully saturated rings. The van der Waals surface area contributed by atoms with Crippen molar-refractivity contribution < 1.29 is 9.84 Å². The third-order valence-electron chi connectivity index (χ3n) is 2.99. The standard InChI is InChI=1S/C18H18O2/c1-15-8-2-3-11-17(15)14-20-18-12-5-4-9-16(18)10-6-7-13-19/h2-5,8-9,11-12,19H,7,13-14H2,1H3. The molecule has 0 unspecified atom stereocenters. The molecule has 0 saturated carbocycles. The minimum atomic E-state index is 0.0826. The smallest absolute Gasteiger partial charge is 0.135 e. The van der Waals surface area contributed by atoms with E-state index in [1.807, 2.05) is 36.4 Å². The first-order valence-corrected chi connectivity index (χ1v) is 6.67. The third-order valence-corrected chi connectivity index (χ3v) is 2.99. The van der Waals surface area contributed by atoms with E-state index in [0.29, 0.717) is 13.0 Å². The van der Waals surface area contributed by atoms with Crippen LogP contribution in [0.2, 0.25) is 0 Å². The molecule has 0 atom stereocenters. The van der Waals surface area contributed by atoms with Gasteiger partial charge in [0.1, 0.15) is 12.4 Å². The Kier molecular flexibility index (Phi) is 5.23. The Morgan fingerprint density at radius 3 is 2.60 bits per heavy atom. The zero-order valence-corrected chi connectivity index (χ0v) is 11.6. The summed E-state index contributed by atoms with van der Waals surface area (Å²) in [4.78, 5) is 0. The van der Waals surface area contributed by atoms with Gasteiger partial charge in [0.05, 0.1) is 12.2 Å². The van der Waals surface area contributed by atoms with Crippen LogP contribution in [0, 0.1) is 18.8 Å². The van der Waals surface area contributed by atoms with Gasteiger partial charge >= 0.3 is 0 Å². The van der Waals surface area contributed by atoms with Gasteiger partial charge in [-0.15, -0.1) is 0 Å². The molecule has 20 heavy (non-hydrogen) atoms. The average Bonchev–Trinajstić information content (AvgIpc) is 2.48. The Hall–Kier alpha value is -2.24. The first-order valence-electron chi connectivity index (χ1n) is 6.67. The molecule has 0 aliphatic carbocycles. The summed E-state index contributed by atoms with van der Waals surface area (Å²) in [6, 6.07) is 15.9. The number of hydrogen-bond donors (Lipinski definition) is 1. The Bertz CT molecular complexity index is 621. The second-order valence-corrected chi connectivity index (χ2v) is 4.49. The molecule has 0 aliphatic heterocycles. The van der Waals surface area contributed by atoms with Gasteiger partial charge in [0.25, 0.3) is 0 Å². The minimum absolute atomic E-state index is 0.0826. The maximum absolute atomic E-state index is 8.76. The van der Waals surface area contributed by atoms with Crippen LogP contribution >= 0.6 is 0 Å². The van der Waals surface area contributed by atoms with Gasteiger partial charge in [-0.1, -0.05) is 48.2 Å². The maximum Gasteiger partial charge on any atom is 0.135 e. The van der Waals surface area contributed by atoms with Gasteiger partial charge in [-0.05, 0) is 30.2 Å². The number of rotatable bonds is 4. The van der Waals surface area contributed by atoms with Crippen molar-refractivity contribution in [1.82, 2.24) is 0 Å². The van der Waals surface area contributed by atoms with Gasteiger partial charge in [-0.25, -0.2) is 0 Å². The fraction of sp³-hybridized carbons (Fsp3) is 0.222. The predicted molar refractivity (Wildman–Crippen MR) is 80.5 cm³/mol. The number of hydrogen-bond acceptors (Lipinski definition) is 2. The molecule has 0 amide bonds. The van der Waals surface area contributed by atoms with E-state index in [1.54, 1.807) is 0 Å². The SMILES string of the molecule is Cc1ccccc1COc1ccccc1C#CCCO. The molecule has 1 N–H and O–H groups in total. The monoisotopic (exact) mass is 266 g/mol. The first kappa shape index (κ1) is 14.2. The van der Waals surface area contributed by atoms with Crippen LogP contribution in [0.15, 0.2) is 48.5 Å². The van der Waals surface area contributed by atoms with Crippen LogP contribution < -0.4 is 4.74 Å². The van der Waals surface area contributed by atoms with Crippen molar-refractivity contribution in [2.24, 2.45) is 0 Å². The van der Waals surface area contributed by atoms with Crippen molar-refractivity contribution in [2.45, 2.75) is 20.0 Å². The second-order valence-electron chi connectivity index (χ2n) is 4.49. The normalized spacial score (nSPS) is 9.70. The van der Waals surface area contributed by atoms with Gasteiger partial charge in [-0.2, -0.15) is 0 Å². The number of aryl methyl sites for hydroxylation is 1. The Balaban J connectivity index is 2.10. The lowest BCUT2D eigenvalue weighted by Crippen LogP contribution is -1.99. The van der Waals surface area contributed by atoms with Crippen molar-refractivity contribution in [2.75, 3.05) is 6.61 Å². The molecule has 0 radical (unpaired) electrons. The highest BCUT2D eigenvalue weighted by molar-refractivity contribution is 5.46. The van der Waals surface area contributed by atoms with Crippen molar-refractivity contribution in [3.63, 3.8) is 0 Å². The summed E-state index contributed by atoms with van der Waals surface area (Å²) < 4.78 is 5.87. The van der Waals surface area contributed by atoms with E-state index in [9.17, 15) is 0 Å². The lowest BCUT2D eigenvalue weighted by molar-refractivity contribution is 0.303. The zero-order chi connectivity index (χ0) is 14.2. The van der Waals surface area contributed by atoms with E-state index < -0.39 is 0 Å². The molecular formula is C18H18O2. The van der Waals surface area contributed by atoms with Gasteiger partial charge in [0.2, 0.25) is 0 Å². The summed E-state index contributed by atoms with van der Waals surface area (Å²) in [5, 5.41) is 8.76. The molecule has 0 aromatic heterocycles. The van der Waals surface area contributed by atoms with Gasteiger partial charge < -0.3 is 9.84 Å². The third kappa shape index (κ3) is 3.88. The van der Waals surface area contributed by atoms with Crippen LogP contribution in [0.3, 0.4) is 0 Å². The van der Waals surface area contributed by atoms with Crippen LogP contribution in [0.25, 0.3) is 0 Å². The number of ether oxygens (including phenoxy) is 1. The number of aliphatic hydroxyl groups excluding tert-OH is 1. The van der Waals surface area contributed by atoms with Crippen LogP contribution in [0.4, 0.5) is 0 Å². The quantitative estimate of drug-likeness (QED) is 0.860. The van der Waals surface area contributed by atoms with E-state index in [2.05, 4.69) is 30.9 Å². The summed E-state index contributed by atoms with van der Waals surface area (Å²) in [5.41, 5.74) is 3.25. The predicted octanol–water partition coefficient (Wildman–Crippen LogP) is 3.31. The van der Waals surface area contributed by atoms with Gasteiger partial charge in [-0.3, -0.25) is 0 Å². The average molecular weight is 266 g/mol. The maximum atomic E-state index is 8.76. The van der Waals surface area contributed by atoms with E-state index in [1.165, 1.54) is 11.1 Å². The molecular weight excluding hydrogens is 248 g/mol. The second kappa shape index (κ2) is 7.37. The summed E-state index contributed by atoms with van der Waals surface area (Å²) in [5.74, 6) is 6.73. The van der Waals surface area contributed by atoms with Crippen molar-refractivity contribution >= 4 is 0 Å². The largest absolute Gasteiger partial charge is 0.488 e. The zero-order valence-electron chi connectivity index (χ0n) is 11.6. The molecule has 2 rings (SSSR count). The van der Waals surface area contributed by atoms with E-state index >= 15 is 0 Å². The Morgan fingerprint density at radius 1 is 1.05 bits per heavy atom. The highest BCUT2D eigenvalue weighted by Gasteiger charge is 2.02. The molecule has 2 aromatic rings. The molecule has 0 aliphatic rings. The van der Waals surface area contributed by atoms with Crippen molar-refractivity contribution in [1.29, 1.82) is 0 Å². The molecule has 0 bridgehead atoms. The molecule has 0 heterocycles. The summed E-state index contributed by atoms with van der Waals surface area (Å²) in [7, 11) is 0. The van der Waals surface area contributed by atoms with Crippen LogP contribution in [0.1, 0.15) is 23.1 Å². The number of aliphatic hydroxyl groups is 1. The summed E-state index contributed by atoms with van der Waals surface area (Å²) >= 11 is 0. The topological polar surface area (TPSA) is 29.5 Å². The molecule has 2 nitrogen and oxygen atoms in total. The van der Waals surface area contributed by atoms with Crippen molar-refractivity contribution in [3.05, 3.63) is 65.2 Å². The highest BCUT2D eigenvalue weighted by Crippen LogP contribution is 2.19. The van der Waals surface area contributed by atoms with Gasteiger partial charge in [0, 0.05) is 6.42 Å². The molecule has 0 spiro atoms. The Morgan fingerprint density at radius 2 is 1.80 bits per heavy atom. The van der Waals surface area contributed by atoms with E-state index in [-0.39, 0.29) is 6.61 Å².